The third-order valence-electron chi connectivity index (χ3n) is 12.2. The molecule has 336 valence electrons. The van der Waals surface area contributed by atoms with E-state index < -0.39 is 72.7 Å². The van der Waals surface area contributed by atoms with Gasteiger partial charge < -0.3 is 44.9 Å². The molecule has 0 bridgehead atoms. The maximum atomic E-state index is 13.7. The van der Waals surface area contributed by atoms with Gasteiger partial charge in [-0.25, -0.2) is 0 Å². The SMILES string of the molecule is CCCCCc1ccc(-c2cn(CCNCC[C@H]3C[C@@H](C)C(=O)/C=C/C(C)=C/[C@H](CO)[C@@H](CC)OC(=O)C[C@@H](O)[C@H](C)[C@H]3O[C@@H]3O[C@H](C)[C@@H](O)C(N(C)C)C3O)nn2)cc1. The minimum absolute atomic E-state index is 0.0924. The molecule has 1 saturated heterocycles. The van der Waals surface area contributed by atoms with Crippen molar-refractivity contribution in [2.75, 3.05) is 33.8 Å². The monoisotopic (exact) mass is 840 g/mol. The van der Waals surface area contributed by atoms with Crippen LogP contribution < -0.4 is 5.32 Å². The number of hydrogen-bond acceptors (Lipinski definition) is 13. The van der Waals surface area contributed by atoms with Gasteiger partial charge in [0.15, 0.2) is 12.1 Å². The summed E-state index contributed by atoms with van der Waals surface area (Å²) in [6.07, 6.45) is 5.96. The molecule has 4 rings (SSSR count). The molecule has 0 spiro atoms. The molecule has 14 heteroatoms. The van der Waals surface area contributed by atoms with Crippen molar-refractivity contribution in [2.24, 2.45) is 23.7 Å². The zero-order valence-electron chi connectivity index (χ0n) is 37.2. The maximum absolute atomic E-state index is 13.7. The van der Waals surface area contributed by atoms with Crippen molar-refractivity contribution in [2.45, 2.75) is 148 Å². The van der Waals surface area contributed by atoms with E-state index in [9.17, 15) is 30.0 Å². The van der Waals surface area contributed by atoms with Crippen LogP contribution in [0, 0.1) is 23.7 Å². The van der Waals surface area contributed by atoms with Gasteiger partial charge in [0.2, 0.25) is 0 Å². The zero-order chi connectivity index (χ0) is 43.9. The second-order valence-electron chi connectivity index (χ2n) is 17.3. The fourth-order valence-corrected chi connectivity index (χ4v) is 8.42. The second kappa shape index (κ2) is 24.3. The number of carbonyl (C=O) groups excluding carboxylic acids is 2. The predicted molar refractivity (Wildman–Crippen MR) is 231 cm³/mol. The highest BCUT2D eigenvalue weighted by atomic mass is 16.7. The van der Waals surface area contributed by atoms with E-state index in [2.05, 4.69) is 46.8 Å². The van der Waals surface area contributed by atoms with Gasteiger partial charge in [0.25, 0.3) is 0 Å². The average molecular weight is 840 g/mol. The maximum Gasteiger partial charge on any atom is 0.308 e. The van der Waals surface area contributed by atoms with E-state index >= 15 is 0 Å². The molecule has 1 aromatic heterocycles. The molecule has 2 aromatic rings. The van der Waals surface area contributed by atoms with Crippen LogP contribution in [0.4, 0.5) is 0 Å². The Kier molecular flexibility index (Phi) is 20.0. The van der Waals surface area contributed by atoms with Gasteiger partial charge in [-0.15, -0.1) is 5.10 Å². The lowest BCUT2D eigenvalue weighted by atomic mass is 9.79. The van der Waals surface area contributed by atoms with Crippen LogP contribution >= 0.6 is 0 Å². The molecule has 2 unspecified atom stereocenters. The first-order chi connectivity index (χ1) is 28.7. The van der Waals surface area contributed by atoms with E-state index in [1.807, 2.05) is 27.0 Å². The molecule has 0 saturated carbocycles. The summed E-state index contributed by atoms with van der Waals surface area (Å²) < 4.78 is 20.4. The number of aryl methyl sites for hydroxylation is 1. The summed E-state index contributed by atoms with van der Waals surface area (Å²) in [5.41, 5.74) is 3.89. The first-order valence-corrected chi connectivity index (χ1v) is 22.1. The molecule has 0 radical (unpaired) electrons. The van der Waals surface area contributed by atoms with E-state index in [4.69, 9.17) is 14.2 Å². The number of rotatable bonds is 16. The summed E-state index contributed by atoms with van der Waals surface area (Å²) >= 11 is 0. The van der Waals surface area contributed by atoms with Crippen molar-refractivity contribution in [1.29, 1.82) is 0 Å². The lowest BCUT2D eigenvalue weighted by Gasteiger charge is -2.46. The van der Waals surface area contributed by atoms with Crippen LogP contribution in [0.15, 0.2) is 54.3 Å². The van der Waals surface area contributed by atoms with Crippen LogP contribution in [0.1, 0.15) is 92.1 Å². The third kappa shape index (κ3) is 14.1. The van der Waals surface area contributed by atoms with Gasteiger partial charge in [-0.05, 0) is 84.1 Å². The number of likely N-dealkylation sites (N-methyl/N-ethyl adjacent to an activating group) is 1. The molecule has 0 aliphatic carbocycles. The Bertz CT molecular complexity index is 1670. The molecule has 2 aliphatic rings. The van der Waals surface area contributed by atoms with Gasteiger partial charge in [0, 0.05) is 29.9 Å². The average Bonchev–Trinajstić information content (AvgIpc) is 3.70. The number of cyclic esters (lactones) is 1. The van der Waals surface area contributed by atoms with Crippen molar-refractivity contribution in [3.63, 3.8) is 0 Å². The smallest absolute Gasteiger partial charge is 0.308 e. The fourth-order valence-electron chi connectivity index (χ4n) is 8.42. The first kappa shape index (κ1) is 49.3. The van der Waals surface area contributed by atoms with E-state index in [1.54, 1.807) is 55.8 Å². The number of unbranched alkanes of at least 4 members (excludes halogenated alkanes) is 2. The number of ether oxygens (including phenoxy) is 3. The lowest BCUT2D eigenvalue weighted by Crippen LogP contribution is -2.63. The van der Waals surface area contributed by atoms with Crippen LogP contribution in [-0.2, 0) is 36.8 Å². The summed E-state index contributed by atoms with van der Waals surface area (Å²) in [5.74, 6) is -2.68. The molecular formula is C46H73N5O9. The minimum Gasteiger partial charge on any atom is -0.462 e. The van der Waals surface area contributed by atoms with Gasteiger partial charge in [0.1, 0.15) is 17.9 Å². The summed E-state index contributed by atoms with van der Waals surface area (Å²) in [6, 6.07) is 7.81. The highest BCUT2D eigenvalue weighted by molar-refractivity contribution is 5.91. The van der Waals surface area contributed by atoms with Crippen LogP contribution in [0.5, 0.6) is 0 Å². The largest absolute Gasteiger partial charge is 0.462 e. The Morgan fingerprint density at radius 3 is 2.40 bits per heavy atom. The topological polar surface area (TPSA) is 189 Å². The Balaban J connectivity index is 1.56. The number of ketones is 1. The second-order valence-corrected chi connectivity index (χ2v) is 17.3. The number of nitrogens with zero attached hydrogens (tertiary/aromatic N) is 4. The summed E-state index contributed by atoms with van der Waals surface area (Å²) in [7, 11) is 3.53. The zero-order valence-corrected chi connectivity index (χ0v) is 37.2. The fraction of sp³-hybridized carbons (Fsp3) is 0.696. The molecule has 2 aliphatic heterocycles. The van der Waals surface area contributed by atoms with Crippen molar-refractivity contribution in [3.8, 4) is 11.3 Å². The van der Waals surface area contributed by atoms with Gasteiger partial charge in [-0.3, -0.25) is 14.3 Å². The highest BCUT2D eigenvalue weighted by Gasteiger charge is 2.47. The number of aliphatic hydroxyl groups is 4. The third-order valence-corrected chi connectivity index (χ3v) is 12.2. The van der Waals surface area contributed by atoms with E-state index in [-0.39, 0.29) is 24.7 Å². The lowest BCUT2D eigenvalue weighted by molar-refractivity contribution is -0.304. The number of aromatic nitrogens is 3. The van der Waals surface area contributed by atoms with E-state index in [0.29, 0.717) is 38.9 Å². The molecule has 3 heterocycles. The quantitative estimate of drug-likeness (QED) is 0.118. The standard InChI is InChI=1S/C46H73N5O9/c1-9-11-12-13-33-15-17-34(18-16-33)37-27-51(49-48-37)23-22-47-21-20-35-25-30(4)38(53)19-14-29(3)24-36(28-52)40(10-2)59-41(55)26-39(54)31(5)45(35)60-46-44(57)42(50(7)8)43(56)32(6)58-46/h14-19,24,27,30-32,35-36,39-40,42-47,52,54,56-57H,9-13,20-23,25-26,28H2,1-8H3/b19-14+,29-24+/t30-,31+,32-,35+,36-,39-,40-,42?,43-,44?,45-,46+/m1/s1. The van der Waals surface area contributed by atoms with E-state index in [1.165, 1.54) is 24.8 Å². The summed E-state index contributed by atoms with van der Waals surface area (Å²) in [6.45, 7) is 12.7. The minimum atomic E-state index is -1.24. The number of benzene rings is 1. The normalized spacial score (nSPS) is 32.7. The van der Waals surface area contributed by atoms with Gasteiger partial charge >= 0.3 is 5.97 Å². The molecule has 5 N–H and O–H groups in total. The van der Waals surface area contributed by atoms with Crippen molar-refractivity contribution < 1.29 is 44.2 Å². The van der Waals surface area contributed by atoms with Crippen LogP contribution in [-0.4, -0.2) is 135 Å². The van der Waals surface area contributed by atoms with Crippen LogP contribution in [0.25, 0.3) is 11.3 Å². The summed E-state index contributed by atoms with van der Waals surface area (Å²) in [4.78, 5) is 28.8. The highest BCUT2D eigenvalue weighted by Crippen LogP contribution is 2.34. The molecule has 0 amide bonds. The Morgan fingerprint density at radius 1 is 1.00 bits per heavy atom. The Labute approximate surface area is 357 Å². The first-order valence-electron chi connectivity index (χ1n) is 22.1. The van der Waals surface area contributed by atoms with Gasteiger partial charge in [0.05, 0.1) is 56.2 Å². The Morgan fingerprint density at radius 2 is 1.73 bits per heavy atom. The number of carbonyl (C=O) groups is 2. The van der Waals surface area contributed by atoms with Crippen molar-refractivity contribution >= 4 is 11.8 Å². The predicted octanol–water partition coefficient (Wildman–Crippen LogP) is 4.48. The number of aliphatic hydroxyl groups excluding tert-OH is 4. The number of allylic oxidation sites excluding steroid dienone is 3. The van der Waals surface area contributed by atoms with Crippen molar-refractivity contribution in [3.05, 3.63) is 59.8 Å². The van der Waals surface area contributed by atoms with E-state index in [0.717, 1.165) is 23.3 Å². The molecular weight excluding hydrogens is 767 g/mol. The summed E-state index contributed by atoms with van der Waals surface area (Å²) in [5, 5.41) is 56.6. The molecule has 1 fully saturated rings. The molecule has 14 nitrogen and oxygen atoms in total. The Hall–Kier alpha value is -3.34. The number of nitrogens with one attached hydrogen (secondary N) is 1. The number of esters is 1. The molecule has 1 aromatic carbocycles. The van der Waals surface area contributed by atoms with Gasteiger partial charge in [-0.2, -0.15) is 0 Å². The molecule has 12 atom stereocenters. The van der Waals surface area contributed by atoms with Crippen LogP contribution in [0.2, 0.25) is 0 Å². The van der Waals surface area contributed by atoms with Crippen molar-refractivity contribution in [1.82, 2.24) is 25.2 Å². The molecule has 60 heavy (non-hydrogen) atoms. The number of hydrogen-bond donors (Lipinski definition) is 5. The van der Waals surface area contributed by atoms with Crippen LogP contribution in [0.3, 0.4) is 0 Å². The van der Waals surface area contributed by atoms with Gasteiger partial charge in [-0.1, -0.05) is 87.7 Å².